The van der Waals surface area contributed by atoms with Crippen LogP contribution in [0.5, 0.6) is 0 Å². The molecule has 0 unspecified atom stereocenters. The van der Waals surface area contributed by atoms with Crippen LogP contribution in [0.1, 0.15) is 27.7 Å². The Morgan fingerprint density at radius 3 is 2.36 bits per heavy atom. The molecule has 1 saturated heterocycles. The van der Waals surface area contributed by atoms with Crippen molar-refractivity contribution in [2.75, 3.05) is 37.7 Å². The van der Waals surface area contributed by atoms with Crippen LogP contribution in [0.4, 0.5) is 10.7 Å². The van der Waals surface area contributed by atoms with Crippen molar-refractivity contribution >= 4 is 42.9 Å². The summed E-state index contributed by atoms with van der Waals surface area (Å²) in [6.45, 7) is 17.0. The molecule has 1 fully saturated rings. The summed E-state index contributed by atoms with van der Waals surface area (Å²) < 4.78 is 14.4. The number of piperazine rings is 1. The number of carbonyl (C=O) groups excluding carboxylic acids is 1. The topological polar surface area (TPSA) is 94.7 Å². The molecule has 2 aromatic rings. The monoisotopic (exact) mass is 536 g/mol. The first-order valence-electron chi connectivity index (χ1n) is 12.2. The van der Waals surface area contributed by atoms with E-state index in [0.717, 1.165) is 6.04 Å². The highest BCUT2D eigenvalue weighted by Crippen LogP contribution is 2.23. The van der Waals surface area contributed by atoms with Crippen LogP contribution in [-0.2, 0) is 22.7 Å². The fraction of sp³-hybridized carbons (Fsp3) is 0.667. The number of aromatic nitrogens is 4. The maximum absolute atomic E-state index is 13.5. The Hall–Kier alpha value is -2.55. The molecular formula is C24H37ClN6O4Si. The lowest BCUT2D eigenvalue weighted by molar-refractivity contribution is 0.0240. The molecule has 198 valence electrons. The van der Waals surface area contributed by atoms with E-state index in [9.17, 15) is 9.59 Å². The van der Waals surface area contributed by atoms with Gasteiger partial charge in [0.2, 0.25) is 11.2 Å². The molecule has 1 amide bonds. The predicted molar refractivity (Wildman–Crippen MR) is 144 cm³/mol. The molecule has 3 heterocycles. The minimum Gasteiger partial charge on any atom is -0.444 e. The van der Waals surface area contributed by atoms with Gasteiger partial charge >= 0.3 is 6.09 Å². The normalized spacial score (nSPS) is 14.7. The minimum absolute atomic E-state index is 0.0274. The van der Waals surface area contributed by atoms with E-state index in [4.69, 9.17) is 21.1 Å². The Kier molecular flexibility index (Phi) is 8.74. The highest BCUT2D eigenvalue weighted by molar-refractivity contribution is 6.76. The fourth-order valence-corrected chi connectivity index (χ4v) is 4.65. The van der Waals surface area contributed by atoms with Gasteiger partial charge in [-0.05, 0) is 45.3 Å². The smallest absolute Gasteiger partial charge is 0.410 e. The van der Waals surface area contributed by atoms with Crippen LogP contribution in [0.25, 0.3) is 11.2 Å². The molecule has 1 aliphatic rings. The van der Waals surface area contributed by atoms with Crippen molar-refractivity contribution in [1.29, 1.82) is 0 Å². The maximum atomic E-state index is 13.5. The van der Waals surface area contributed by atoms with E-state index >= 15 is 0 Å². The number of anilines is 1. The third kappa shape index (κ3) is 7.02. The number of fused-ring (bicyclic) bond motifs is 1. The largest absolute Gasteiger partial charge is 0.444 e. The Morgan fingerprint density at radius 1 is 1.11 bits per heavy atom. The summed E-state index contributed by atoms with van der Waals surface area (Å²) in [5, 5.41) is 0.0352. The third-order valence-corrected chi connectivity index (χ3v) is 7.64. The first kappa shape index (κ1) is 28.0. The number of nitrogens with zero attached hydrogens (tertiary/aromatic N) is 6. The van der Waals surface area contributed by atoms with Gasteiger partial charge in [0.1, 0.15) is 12.3 Å². The number of halogens is 1. The molecular weight excluding hydrogens is 500 g/mol. The molecule has 0 atom stereocenters. The van der Waals surface area contributed by atoms with Gasteiger partial charge in [0, 0.05) is 40.9 Å². The average Bonchev–Trinajstić information content (AvgIpc) is 3.13. The van der Waals surface area contributed by atoms with Crippen LogP contribution in [0.2, 0.25) is 31.0 Å². The van der Waals surface area contributed by atoms with Gasteiger partial charge < -0.3 is 19.3 Å². The summed E-state index contributed by atoms with van der Waals surface area (Å²) in [5.74, 6) is 6.49. The van der Waals surface area contributed by atoms with Gasteiger partial charge in [-0.25, -0.2) is 4.79 Å². The Bertz CT molecular complexity index is 1210. The first-order valence-corrected chi connectivity index (χ1v) is 16.3. The molecule has 0 aliphatic carbocycles. The van der Waals surface area contributed by atoms with E-state index in [1.165, 1.54) is 4.57 Å². The van der Waals surface area contributed by atoms with Crippen molar-refractivity contribution in [3.63, 3.8) is 0 Å². The van der Waals surface area contributed by atoms with Gasteiger partial charge in [-0.1, -0.05) is 25.6 Å². The summed E-state index contributed by atoms with van der Waals surface area (Å²) in [7, 11) is -1.26. The lowest BCUT2D eigenvalue weighted by Crippen LogP contribution is -2.50. The number of rotatable bonds is 7. The predicted octanol–water partition coefficient (Wildman–Crippen LogP) is 3.64. The number of ether oxygens (including phenoxy) is 2. The second-order valence-corrected chi connectivity index (χ2v) is 17.0. The number of carbonyl (C=O) groups is 1. The Balaban J connectivity index is 1.87. The van der Waals surface area contributed by atoms with E-state index in [1.54, 1.807) is 16.4 Å². The summed E-state index contributed by atoms with van der Waals surface area (Å²) in [4.78, 5) is 38.7. The summed E-state index contributed by atoms with van der Waals surface area (Å²) in [6.07, 6.45) is -0.335. The van der Waals surface area contributed by atoms with Gasteiger partial charge in [-0.15, -0.1) is 5.92 Å². The quantitative estimate of drug-likeness (QED) is 0.231. The zero-order valence-electron chi connectivity index (χ0n) is 22.4. The van der Waals surface area contributed by atoms with E-state index < -0.39 is 13.7 Å². The van der Waals surface area contributed by atoms with Gasteiger partial charge in [0.25, 0.3) is 5.56 Å². The van der Waals surface area contributed by atoms with E-state index in [0.29, 0.717) is 44.3 Å². The molecule has 10 nitrogen and oxygen atoms in total. The van der Waals surface area contributed by atoms with E-state index in [2.05, 4.69) is 41.4 Å². The molecule has 0 N–H and O–H groups in total. The van der Waals surface area contributed by atoms with Crippen molar-refractivity contribution in [1.82, 2.24) is 24.0 Å². The summed E-state index contributed by atoms with van der Waals surface area (Å²) >= 11 is 6.37. The number of amides is 1. The molecule has 36 heavy (non-hydrogen) atoms. The van der Waals surface area contributed by atoms with Gasteiger partial charge in [0.05, 0.1) is 6.54 Å². The Morgan fingerprint density at radius 2 is 1.78 bits per heavy atom. The average molecular weight is 537 g/mol. The van der Waals surface area contributed by atoms with Crippen LogP contribution < -0.4 is 10.5 Å². The van der Waals surface area contributed by atoms with Crippen LogP contribution in [0, 0.1) is 11.8 Å². The highest BCUT2D eigenvalue weighted by Gasteiger charge is 2.29. The molecule has 0 spiro atoms. The number of hydrogen-bond donors (Lipinski definition) is 0. The van der Waals surface area contributed by atoms with Crippen molar-refractivity contribution in [2.24, 2.45) is 0 Å². The second kappa shape index (κ2) is 11.2. The van der Waals surface area contributed by atoms with Gasteiger partial charge in [-0.3, -0.25) is 13.9 Å². The maximum Gasteiger partial charge on any atom is 0.410 e. The van der Waals surface area contributed by atoms with E-state index in [1.807, 2.05) is 25.7 Å². The van der Waals surface area contributed by atoms with Crippen LogP contribution in [0.3, 0.4) is 0 Å². The Labute approximate surface area is 218 Å². The van der Waals surface area contributed by atoms with Crippen molar-refractivity contribution < 1.29 is 14.3 Å². The molecule has 0 saturated carbocycles. The molecule has 2 aromatic heterocycles. The first-order chi connectivity index (χ1) is 16.8. The lowest BCUT2D eigenvalue weighted by Gasteiger charge is -2.36. The molecule has 12 heteroatoms. The minimum atomic E-state index is -1.26. The van der Waals surface area contributed by atoms with E-state index in [-0.39, 0.29) is 35.9 Å². The fourth-order valence-electron chi connectivity index (χ4n) is 3.69. The van der Waals surface area contributed by atoms with Crippen LogP contribution in [-0.4, -0.2) is 76.6 Å². The zero-order chi connectivity index (χ0) is 26.7. The molecule has 0 radical (unpaired) electrons. The van der Waals surface area contributed by atoms with Crippen LogP contribution >= 0.6 is 11.6 Å². The van der Waals surface area contributed by atoms with Crippen molar-refractivity contribution in [2.45, 2.75) is 72.3 Å². The molecule has 0 bridgehead atoms. The molecule has 1 aliphatic heterocycles. The van der Waals surface area contributed by atoms with Gasteiger partial charge in [-0.2, -0.15) is 9.97 Å². The SMILES string of the molecule is CC#CCn1c(N2CCN(C(=O)OC(C)(C)C)CC2)nc2nc(Cl)n(COCC[Si](C)(C)C)c(=O)c21. The van der Waals surface area contributed by atoms with Crippen molar-refractivity contribution in [3.8, 4) is 11.8 Å². The summed E-state index contributed by atoms with van der Waals surface area (Å²) in [5.41, 5.74) is -0.266. The zero-order valence-corrected chi connectivity index (χ0v) is 24.1. The lowest BCUT2D eigenvalue weighted by atomic mass is 10.2. The van der Waals surface area contributed by atoms with Crippen molar-refractivity contribution in [3.05, 3.63) is 15.6 Å². The second-order valence-electron chi connectivity index (χ2n) is 11.0. The number of hydrogen-bond acceptors (Lipinski definition) is 7. The number of imidazole rings is 1. The summed E-state index contributed by atoms with van der Waals surface area (Å²) in [6, 6.07) is 0.985. The standard InChI is InChI=1S/C24H37ClN6O4Si/c1-8-9-10-30-18-19(26-21(25)31(20(18)32)17-34-15-16-36(5,6)7)27-22(30)28-11-13-29(14-12-28)23(33)35-24(2,3)4/h10-17H2,1-7H3. The third-order valence-electron chi connectivity index (χ3n) is 5.64. The van der Waals surface area contributed by atoms with Crippen LogP contribution in [0.15, 0.2) is 4.79 Å². The molecule has 0 aromatic carbocycles. The highest BCUT2D eigenvalue weighted by atomic mass is 35.5. The molecule has 3 rings (SSSR count). The van der Waals surface area contributed by atoms with Gasteiger partial charge in [0.15, 0.2) is 11.2 Å².